The van der Waals surface area contributed by atoms with Crippen molar-refractivity contribution in [2.45, 2.75) is 33.1 Å². The van der Waals surface area contributed by atoms with Gasteiger partial charge in [-0.3, -0.25) is 9.59 Å². The smallest absolute Gasteiger partial charge is 0.158 e. The lowest BCUT2D eigenvalue weighted by Crippen LogP contribution is -2.13. The van der Waals surface area contributed by atoms with E-state index in [1.165, 1.54) is 6.92 Å². The molecular weight excluding hydrogens is 196 g/mol. The topological polar surface area (TPSA) is 52.6 Å². The van der Waals surface area contributed by atoms with Crippen LogP contribution in [0.2, 0.25) is 0 Å². The van der Waals surface area contributed by atoms with Crippen LogP contribution in [0.15, 0.2) is 0 Å². The molecule has 0 amide bonds. The molecule has 0 aromatic rings. The lowest BCUT2D eigenvalue weighted by atomic mass is 10.2. The van der Waals surface area contributed by atoms with Gasteiger partial charge in [0.05, 0.1) is 0 Å². The van der Waals surface area contributed by atoms with Crippen LogP contribution in [0.5, 0.6) is 0 Å². The lowest BCUT2D eigenvalue weighted by molar-refractivity contribution is -0.127. The molecule has 0 spiro atoms. The molecule has 0 aliphatic heterocycles. The first-order valence-electron chi connectivity index (χ1n) is 5.33. The van der Waals surface area contributed by atoms with E-state index in [1.54, 1.807) is 0 Å². The van der Waals surface area contributed by atoms with Crippen LogP contribution in [0.4, 0.5) is 0 Å². The predicted octanol–water partition coefficient (Wildman–Crippen LogP) is 1.37. The van der Waals surface area contributed by atoms with E-state index < -0.39 is 0 Å². The minimum atomic E-state index is -0.0610. The molecule has 0 heterocycles. The summed E-state index contributed by atoms with van der Waals surface area (Å²) in [6, 6.07) is 0. The average Bonchev–Trinajstić information content (AvgIpc) is 2.17. The number of rotatable bonds is 10. The summed E-state index contributed by atoms with van der Waals surface area (Å²) in [7, 11) is 0. The van der Waals surface area contributed by atoms with Gasteiger partial charge in [-0.2, -0.15) is 0 Å². The monoisotopic (exact) mass is 216 g/mol. The van der Waals surface area contributed by atoms with Crippen molar-refractivity contribution in [1.82, 2.24) is 0 Å². The zero-order valence-electron chi connectivity index (χ0n) is 9.58. The summed E-state index contributed by atoms with van der Waals surface area (Å²) < 4.78 is 10.1. The first-order chi connectivity index (χ1) is 7.16. The molecule has 0 rings (SSSR count). The Bertz CT molecular complexity index is 189. The lowest BCUT2D eigenvalue weighted by Gasteiger charge is -2.02. The number of ether oxygens (including phenoxy) is 2. The maximum Gasteiger partial charge on any atom is 0.158 e. The Morgan fingerprint density at radius 2 is 1.80 bits per heavy atom. The molecule has 0 atom stereocenters. The third-order valence-corrected chi connectivity index (χ3v) is 1.66. The number of ketones is 2. The van der Waals surface area contributed by atoms with Gasteiger partial charge in [0.25, 0.3) is 0 Å². The maximum atomic E-state index is 11.2. The van der Waals surface area contributed by atoms with Gasteiger partial charge in [-0.25, -0.2) is 0 Å². The second-order valence-corrected chi connectivity index (χ2v) is 3.45. The fourth-order valence-corrected chi connectivity index (χ4v) is 0.999. The highest BCUT2D eigenvalue weighted by atomic mass is 16.5. The molecule has 0 fully saturated rings. The summed E-state index contributed by atoms with van der Waals surface area (Å²) in [6.45, 7) is 4.90. The third-order valence-electron chi connectivity index (χ3n) is 1.66. The van der Waals surface area contributed by atoms with E-state index in [-0.39, 0.29) is 24.8 Å². The minimum Gasteiger partial charge on any atom is -0.381 e. The standard InChI is InChI=1S/C11H20O4/c1-3-6-14-7-4-5-11(13)9-15-8-10(2)12/h3-9H2,1-2H3. The van der Waals surface area contributed by atoms with E-state index in [2.05, 4.69) is 0 Å². The van der Waals surface area contributed by atoms with Crippen molar-refractivity contribution in [3.63, 3.8) is 0 Å². The molecule has 0 N–H and O–H groups in total. The van der Waals surface area contributed by atoms with Gasteiger partial charge in [0, 0.05) is 19.6 Å². The quantitative estimate of drug-likeness (QED) is 0.517. The number of Topliss-reactive ketones (excluding diaryl/α,β-unsaturated/α-hetero) is 2. The minimum absolute atomic E-state index is 0.0244. The molecule has 0 saturated heterocycles. The van der Waals surface area contributed by atoms with Crippen molar-refractivity contribution in [2.75, 3.05) is 26.4 Å². The van der Waals surface area contributed by atoms with E-state index in [1.807, 2.05) is 6.92 Å². The number of carbonyl (C=O) groups is 2. The molecule has 0 unspecified atom stereocenters. The van der Waals surface area contributed by atoms with Crippen LogP contribution >= 0.6 is 0 Å². The Hall–Kier alpha value is -0.740. The van der Waals surface area contributed by atoms with E-state index in [9.17, 15) is 9.59 Å². The first-order valence-corrected chi connectivity index (χ1v) is 5.33. The highest BCUT2D eigenvalue weighted by Crippen LogP contribution is 1.94. The fourth-order valence-electron chi connectivity index (χ4n) is 0.999. The summed E-state index contributed by atoms with van der Waals surface area (Å²) in [6.07, 6.45) is 2.18. The van der Waals surface area contributed by atoms with E-state index >= 15 is 0 Å². The van der Waals surface area contributed by atoms with Gasteiger partial charge in [0.1, 0.15) is 13.2 Å². The van der Waals surface area contributed by atoms with Gasteiger partial charge < -0.3 is 9.47 Å². The summed E-state index contributed by atoms with van der Waals surface area (Å²) in [5, 5.41) is 0. The largest absolute Gasteiger partial charge is 0.381 e. The highest BCUT2D eigenvalue weighted by molar-refractivity contribution is 5.80. The van der Waals surface area contributed by atoms with Crippen molar-refractivity contribution in [2.24, 2.45) is 0 Å². The molecule has 88 valence electrons. The Morgan fingerprint density at radius 3 is 2.40 bits per heavy atom. The van der Waals surface area contributed by atoms with Crippen molar-refractivity contribution in [1.29, 1.82) is 0 Å². The number of hydrogen-bond donors (Lipinski definition) is 0. The van der Waals surface area contributed by atoms with Crippen LogP contribution in [0, 0.1) is 0 Å². The molecule has 0 saturated carbocycles. The molecular formula is C11H20O4. The van der Waals surface area contributed by atoms with Crippen molar-refractivity contribution in [3.8, 4) is 0 Å². The Balaban J connectivity index is 3.22. The van der Waals surface area contributed by atoms with Crippen molar-refractivity contribution >= 4 is 11.6 Å². The molecule has 0 aliphatic carbocycles. The van der Waals surface area contributed by atoms with Gasteiger partial charge in [-0.1, -0.05) is 6.92 Å². The summed E-state index contributed by atoms with van der Waals surface area (Å²) in [4.78, 5) is 21.7. The second-order valence-electron chi connectivity index (χ2n) is 3.45. The average molecular weight is 216 g/mol. The van der Waals surface area contributed by atoms with Crippen molar-refractivity contribution in [3.05, 3.63) is 0 Å². The molecule has 0 aliphatic rings. The van der Waals surface area contributed by atoms with Crippen LogP contribution in [-0.2, 0) is 19.1 Å². The van der Waals surface area contributed by atoms with Crippen LogP contribution in [0.1, 0.15) is 33.1 Å². The molecule has 0 aromatic heterocycles. The second kappa shape index (κ2) is 9.80. The van der Waals surface area contributed by atoms with Crippen LogP contribution < -0.4 is 0 Å². The zero-order valence-corrected chi connectivity index (χ0v) is 9.58. The molecule has 0 aromatic carbocycles. The number of hydrogen-bond acceptors (Lipinski definition) is 4. The Labute approximate surface area is 90.9 Å². The van der Waals surface area contributed by atoms with Crippen LogP contribution in [0.25, 0.3) is 0 Å². The molecule has 4 nitrogen and oxygen atoms in total. The van der Waals surface area contributed by atoms with Gasteiger partial charge in [-0.05, 0) is 19.8 Å². The maximum absolute atomic E-state index is 11.2. The van der Waals surface area contributed by atoms with Gasteiger partial charge >= 0.3 is 0 Å². The Morgan fingerprint density at radius 1 is 1.07 bits per heavy atom. The van der Waals surface area contributed by atoms with Crippen LogP contribution in [0.3, 0.4) is 0 Å². The zero-order chi connectivity index (χ0) is 11.5. The fraction of sp³-hybridized carbons (Fsp3) is 0.818. The van der Waals surface area contributed by atoms with Gasteiger partial charge in [0.15, 0.2) is 11.6 Å². The SMILES string of the molecule is CCCOCCCC(=O)COCC(C)=O. The summed E-state index contributed by atoms with van der Waals surface area (Å²) in [5.41, 5.74) is 0. The predicted molar refractivity (Wildman–Crippen MR) is 56.9 cm³/mol. The molecule has 4 heteroatoms. The Kier molecular flexibility index (Phi) is 9.32. The summed E-state index contributed by atoms with van der Waals surface area (Å²) in [5.74, 6) is -0.0366. The summed E-state index contributed by atoms with van der Waals surface area (Å²) >= 11 is 0. The van der Waals surface area contributed by atoms with Crippen LogP contribution in [-0.4, -0.2) is 38.0 Å². The first kappa shape index (κ1) is 14.3. The number of carbonyl (C=O) groups excluding carboxylic acids is 2. The molecule has 0 radical (unpaired) electrons. The third kappa shape index (κ3) is 11.2. The van der Waals surface area contributed by atoms with E-state index in [0.29, 0.717) is 13.0 Å². The normalized spacial score (nSPS) is 10.3. The molecule has 15 heavy (non-hydrogen) atoms. The highest BCUT2D eigenvalue weighted by Gasteiger charge is 2.02. The van der Waals surface area contributed by atoms with Gasteiger partial charge in [0.2, 0.25) is 0 Å². The molecule has 0 bridgehead atoms. The van der Waals surface area contributed by atoms with E-state index in [0.717, 1.165) is 19.4 Å². The van der Waals surface area contributed by atoms with E-state index in [4.69, 9.17) is 9.47 Å². The van der Waals surface area contributed by atoms with Gasteiger partial charge in [-0.15, -0.1) is 0 Å². The van der Waals surface area contributed by atoms with Crippen molar-refractivity contribution < 1.29 is 19.1 Å².